The van der Waals surface area contributed by atoms with Crippen LogP contribution in [-0.4, -0.2) is 80.6 Å². The van der Waals surface area contributed by atoms with Crippen LogP contribution in [0, 0.1) is 5.92 Å². The van der Waals surface area contributed by atoms with E-state index >= 15 is 0 Å². The number of halogens is 1. The first-order chi connectivity index (χ1) is 12.1. The third-order valence-electron chi connectivity index (χ3n) is 4.68. The predicted octanol–water partition coefficient (Wildman–Crippen LogP) is 2.59. The van der Waals surface area contributed by atoms with Gasteiger partial charge in [-0.25, -0.2) is 0 Å². The minimum absolute atomic E-state index is 0. The van der Waals surface area contributed by atoms with E-state index in [1.54, 1.807) is 0 Å². The van der Waals surface area contributed by atoms with Crippen LogP contribution in [0.3, 0.4) is 0 Å². The van der Waals surface area contributed by atoms with Gasteiger partial charge in [-0.2, -0.15) is 0 Å². The number of nitrogens with zero attached hydrogens (tertiary/aromatic N) is 4. The Morgan fingerprint density at radius 3 is 2.46 bits per heavy atom. The van der Waals surface area contributed by atoms with E-state index in [1.807, 2.05) is 0 Å². The van der Waals surface area contributed by atoms with Crippen LogP contribution in [0.5, 0.6) is 0 Å². The fourth-order valence-electron chi connectivity index (χ4n) is 3.17. The third kappa shape index (κ3) is 8.22. The molecule has 0 bridgehead atoms. The van der Waals surface area contributed by atoms with E-state index in [4.69, 9.17) is 4.99 Å². The summed E-state index contributed by atoms with van der Waals surface area (Å²) < 4.78 is 0. The number of hydrogen-bond acceptors (Lipinski definition) is 3. The quantitative estimate of drug-likeness (QED) is 0.375. The molecule has 1 aromatic rings. The smallest absolute Gasteiger partial charge is 0.193 e. The fraction of sp³-hybridized carbons (Fsp3) is 0.650. The second-order valence-electron chi connectivity index (χ2n) is 7.25. The zero-order chi connectivity index (χ0) is 18.1. The number of hydrogen-bond donors (Lipinski definition) is 1. The molecule has 0 aromatic heterocycles. The van der Waals surface area contributed by atoms with Gasteiger partial charge in [0.2, 0.25) is 0 Å². The molecule has 6 heteroatoms. The van der Waals surface area contributed by atoms with Gasteiger partial charge in [0.1, 0.15) is 0 Å². The van der Waals surface area contributed by atoms with Crippen molar-refractivity contribution in [1.29, 1.82) is 0 Å². The summed E-state index contributed by atoms with van der Waals surface area (Å²) >= 11 is 0. The summed E-state index contributed by atoms with van der Waals surface area (Å²) in [6, 6.07) is 10.6. The third-order valence-corrected chi connectivity index (χ3v) is 4.68. The zero-order valence-electron chi connectivity index (χ0n) is 16.8. The summed E-state index contributed by atoms with van der Waals surface area (Å²) in [6.45, 7) is 12.9. The Hall–Kier alpha value is -0.860. The maximum absolute atomic E-state index is 4.88. The van der Waals surface area contributed by atoms with Crippen LogP contribution in [-0.2, 0) is 6.54 Å². The van der Waals surface area contributed by atoms with Crippen molar-refractivity contribution in [3.05, 3.63) is 35.9 Å². The molecule has 1 N–H and O–H groups in total. The molecule has 2 rings (SSSR count). The summed E-state index contributed by atoms with van der Waals surface area (Å²) in [4.78, 5) is 12.1. The first-order valence-corrected chi connectivity index (χ1v) is 9.52. The molecule has 1 aliphatic rings. The highest BCUT2D eigenvalue weighted by Crippen LogP contribution is 2.07. The van der Waals surface area contributed by atoms with Crippen molar-refractivity contribution in [2.24, 2.45) is 10.9 Å². The van der Waals surface area contributed by atoms with Crippen molar-refractivity contribution in [2.45, 2.75) is 20.4 Å². The molecule has 1 fully saturated rings. The van der Waals surface area contributed by atoms with Crippen molar-refractivity contribution in [3.8, 4) is 0 Å². The number of likely N-dealkylation sites (N-methyl/N-ethyl adjacent to an activating group) is 1. The topological polar surface area (TPSA) is 34.1 Å². The van der Waals surface area contributed by atoms with Gasteiger partial charge in [0, 0.05) is 59.4 Å². The molecule has 0 saturated carbocycles. The first kappa shape index (κ1) is 23.2. The normalized spacial score (nSPS) is 17.5. The molecule has 1 unspecified atom stereocenters. The average molecular weight is 473 g/mol. The lowest BCUT2D eigenvalue weighted by Crippen LogP contribution is -2.46. The summed E-state index contributed by atoms with van der Waals surface area (Å²) in [7, 11) is 4.32. The lowest BCUT2D eigenvalue weighted by Gasteiger charge is -2.33. The van der Waals surface area contributed by atoms with Gasteiger partial charge in [-0.3, -0.25) is 4.99 Å². The molecule has 148 valence electrons. The minimum atomic E-state index is 0. The molecule has 0 radical (unpaired) electrons. The van der Waals surface area contributed by atoms with Crippen LogP contribution in [0.15, 0.2) is 35.3 Å². The molecule has 1 aliphatic heterocycles. The monoisotopic (exact) mass is 473 g/mol. The number of aliphatic imine (C=N–C) groups is 1. The lowest BCUT2D eigenvalue weighted by molar-refractivity contribution is 0.140. The second kappa shape index (κ2) is 12.5. The molecule has 26 heavy (non-hydrogen) atoms. The van der Waals surface area contributed by atoms with E-state index < -0.39 is 0 Å². The summed E-state index contributed by atoms with van der Waals surface area (Å²) in [6.07, 6.45) is 0. The standard InChI is InChI=1S/C20H35N5.HI/c1-5-21-20(24(4)17-19-9-7-6-8-10-19)22-15-18(2)16-25-13-11-23(3)12-14-25;/h6-10,18H,5,11-17H2,1-4H3,(H,21,22);1H. The second-order valence-corrected chi connectivity index (χ2v) is 7.25. The van der Waals surface area contributed by atoms with Gasteiger partial charge in [-0.05, 0) is 25.5 Å². The molecule has 1 saturated heterocycles. The molecule has 5 nitrogen and oxygen atoms in total. The highest BCUT2D eigenvalue weighted by molar-refractivity contribution is 14.0. The number of rotatable bonds is 7. The Morgan fingerprint density at radius 1 is 1.19 bits per heavy atom. The van der Waals surface area contributed by atoms with Gasteiger partial charge in [-0.15, -0.1) is 24.0 Å². The Kier molecular flexibility index (Phi) is 11.2. The average Bonchev–Trinajstić information content (AvgIpc) is 2.61. The van der Waals surface area contributed by atoms with E-state index in [1.165, 1.54) is 31.7 Å². The largest absolute Gasteiger partial charge is 0.357 e. The van der Waals surface area contributed by atoms with Gasteiger partial charge in [0.25, 0.3) is 0 Å². The molecular weight excluding hydrogens is 437 g/mol. The van der Waals surface area contributed by atoms with Gasteiger partial charge in [0.05, 0.1) is 0 Å². The first-order valence-electron chi connectivity index (χ1n) is 9.52. The number of nitrogens with one attached hydrogen (secondary N) is 1. The Morgan fingerprint density at radius 2 is 1.85 bits per heavy atom. The van der Waals surface area contributed by atoms with E-state index in [0.717, 1.165) is 32.1 Å². The number of guanidine groups is 1. The van der Waals surface area contributed by atoms with Crippen LogP contribution in [0.1, 0.15) is 19.4 Å². The van der Waals surface area contributed by atoms with Crippen molar-refractivity contribution in [2.75, 3.05) is 59.9 Å². The summed E-state index contributed by atoms with van der Waals surface area (Å²) in [5.74, 6) is 1.57. The van der Waals surface area contributed by atoms with Crippen LogP contribution in [0.25, 0.3) is 0 Å². The Bertz CT molecular complexity index is 514. The van der Waals surface area contributed by atoms with Crippen molar-refractivity contribution in [3.63, 3.8) is 0 Å². The lowest BCUT2D eigenvalue weighted by atomic mass is 10.1. The van der Waals surface area contributed by atoms with Crippen LogP contribution in [0.2, 0.25) is 0 Å². The van der Waals surface area contributed by atoms with Gasteiger partial charge < -0.3 is 20.0 Å². The molecule has 0 aliphatic carbocycles. The number of piperazine rings is 1. The Balaban J connectivity index is 0.00000338. The van der Waals surface area contributed by atoms with Crippen LogP contribution < -0.4 is 5.32 Å². The maximum atomic E-state index is 4.88. The van der Waals surface area contributed by atoms with E-state index in [0.29, 0.717) is 5.92 Å². The van der Waals surface area contributed by atoms with Crippen molar-refractivity contribution in [1.82, 2.24) is 20.0 Å². The van der Waals surface area contributed by atoms with Crippen molar-refractivity contribution < 1.29 is 0 Å². The molecule has 1 heterocycles. The van der Waals surface area contributed by atoms with Gasteiger partial charge >= 0.3 is 0 Å². The highest BCUT2D eigenvalue weighted by atomic mass is 127. The summed E-state index contributed by atoms with van der Waals surface area (Å²) in [5.41, 5.74) is 1.31. The molecule has 1 aromatic carbocycles. The van der Waals surface area contributed by atoms with E-state index in [2.05, 4.69) is 78.3 Å². The highest BCUT2D eigenvalue weighted by Gasteiger charge is 2.16. The van der Waals surface area contributed by atoms with Crippen molar-refractivity contribution >= 4 is 29.9 Å². The molecule has 0 spiro atoms. The molecule has 1 atom stereocenters. The SMILES string of the molecule is CCNC(=NCC(C)CN1CCN(C)CC1)N(C)Cc1ccccc1.I. The zero-order valence-corrected chi connectivity index (χ0v) is 19.1. The Labute approximate surface area is 176 Å². The van der Waals surface area contributed by atoms with Crippen LogP contribution in [0.4, 0.5) is 0 Å². The van der Waals surface area contributed by atoms with Crippen LogP contribution >= 0.6 is 24.0 Å². The van der Waals surface area contributed by atoms with E-state index in [9.17, 15) is 0 Å². The molecule has 0 amide bonds. The van der Waals surface area contributed by atoms with Gasteiger partial charge in [-0.1, -0.05) is 37.3 Å². The maximum Gasteiger partial charge on any atom is 0.193 e. The van der Waals surface area contributed by atoms with Gasteiger partial charge in [0.15, 0.2) is 5.96 Å². The van der Waals surface area contributed by atoms with E-state index in [-0.39, 0.29) is 24.0 Å². The summed E-state index contributed by atoms with van der Waals surface area (Å²) in [5, 5.41) is 3.42. The fourth-order valence-corrected chi connectivity index (χ4v) is 3.17. The predicted molar refractivity (Wildman–Crippen MR) is 122 cm³/mol. The molecular formula is C20H36IN5. The minimum Gasteiger partial charge on any atom is -0.357 e. The number of benzene rings is 1.